The Kier molecular flexibility index (Phi) is 3.50. The van der Waals surface area contributed by atoms with Crippen LogP contribution in [-0.4, -0.2) is 30.1 Å². The number of carboxylic acids is 1. The van der Waals surface area contributed by atoms with Gasteiger partial charge in [0, 0.05) is 6.54 Å². The number of rotatable bonds is 4. The molecule has 2 rings (SSSR count). The van der Waals surface area contributed by atoms with Crippen molar-refractivity contribution in [3.63, 3.8) is 0 Å². The molecule has 1 amide bonds. The van der Waals surface area contributed by atoms with Crippen LogP contribution in [0.25, 0.3) is 0 Å². The van der Waals surface area contributed by atoms with E-state index in [-0.39, 0.29) is 11.5 Å². The molecule has 1 aliphatic rings. The van der Waals surface area contributed by atoms with Gasteiger partial charge in [-0.25, -0.2) is 4.79 Å². The van der Waals surface area contributed by atoms with Crippen LogP contribution in [-0.2, 0) is 4.79 Å². The molecule has 0 saturated heterocycles. The smallest absolute Gasteiger partial charge is 0.335 e. The summed E-state index contributed by atoms with van der Waals surface area (Å²) in [6, 6.07) is 4.83. The van der Waals surface area contributed by atoms with Gasteiger partial charge < -0.3 is 15.3 Å². The van der Waals surface area contributed by atoms with Crippen molar-refractivity contribution in [1.29, 1.82) is 0 Å². The molecular weight excluding hydrogens is 232 g/mol. The fourth-order valence-electron chi connectivity index (χ4n) is 2.04. The second-order valence-electron chi connectivity index (χ2n) is 4.36. The Morgan fingerprint density at radius 3 is 2.94 bits per heavy atom. The second-order valence-corrected chi connectivity index (χ2v) is 4.36. The van der Waals surface area contributed by atoms with E-state index in [2.05, 4.69) is 12.2 Å². The van der Waals surface area contributed by atoms with Crippen LogP contribution in [0.15, 0.2) is 18.2 Å². The lowest BCUT2D eigenvalue weighted by molar-refractivity contribution is -0.115. The molecule has 0 saturated carbocycles. The first-order valence-corrected chi connectivity index (χ1v) is 6.04. The normalized spacial score (nSPS) is 14.1. The molecule has 0 unspecified atom stereocenters. The molecule has 1 aromatic rings. The summed E-state index contributed by atoms with van der Waals surface area (Å²) in [5.74, 6) is -1.08. The van der Waals surface area contributed by atoms with Crippen molar-refractivity contribution < 1.29 is 14.7 Å². The Balaban J connectivity index is 2.31. The van der Waals surface area contributed by atoms with Gasteiger partial charge in [0.2, 0.25) is 5.91 Å². The van der Waals surface area contributed by atoms with Crippen LogP contribution in [0.4, 0.5) is 11.4 Å². The van der Waals surface area contributed by atoms with Crippen LogP contribution >= 0.6 is 0 Å². The summed E-state index contributed by atoms with van der Waals surface area (Å²) >= 11 is 0. The number of aromatic carboxylic acids is 1. The van der Waals surface area contributed by atoms with E-state index in [1.807, 2.05) is 4.90 Å². The zero-order valence-electron chi connectivity index (χ0n) is 10.3. The van der Waals surface area contributed by atoms with Crippen molar-refractivity contribution in [3.05, 3.63) is 23.8 Å². The average molecular weight is 248 g/mol. The maximum Gasteiger partial charge on any atom is 0.335 e. The molecule has 0 radical (unpaired) electrons. The molecule has 0 aliphatic carbocycles. The van der Waals surface area contributed by atoms with Crippen LogP contribution in [0.5, 0.6) is 0 Å². The van der Waals surface area contributed by atoms with Crippen molar-refractivity contribution in [2.24, 2.45) is 0 Å². The van der Waals surface area contributed by atoms with E-state index < -0.39 is 5.97 Å². The van der Waals surface area contributed by atoms with E-state index in [0.717, 1.165) is 25.1 Å². The van der Waals surface area contributed by atoms with Gasteiger partial charge in [0.1, 0.15) is 0 Å². The van der Waals surface area contributed by atoms with E-state index >= 15 is 0 Å². The molecule has 5 nitrogen and oxygen atoms in total. The highest BCUT2D eigenvalue weighted by atomic mass is 16.4. The standard InChI is InChI=1S/C13H16N2O3/c1-2-3-6-15-8-12(16)14-10-7-9(13(17)18)4-5-11(10)15/h4-5,7H,2-3,6,8H2,1H3,(H,14,16)(H,17,18). The summed E-state index contributed by atoms with van der Waals surface area (Å²) in [4.78, 5) is 24.5. The van der Waals surface area contributed by atoms with Crippen molar-refractivity contribution in [1.82, 2.24) is 0 Å². The van der Waals surface area contributed by atoms with E-state index in [0.29, 0.717) is 12.2 Å². The van der Waals surface area contributed by atoms with Gasteiger partial charge in [0.15, 0.2) is 0 Å². The van der Waals surface area contributed by atoms with Gasteiger partial charge in [0.05, 0.1) is 23.5 Å². The molecule has 1 aromatic carbocycles. The number of benzene rings is 1. The summed E-state index contributed by atoms with van der Waals surface area (Å²) in [5, 5.41) is 11.7. The molecular formula is C13H16N2O3. The van der Waals surface area contributed by atoms with Gasteiger partial charge in [-0.2, -0.15) is 0 Å². The third kappa shape index (κ3) is 2.45. The number of carbonyl (C=O) groups excluding carboxylic acids is 1. The highest BCUT2D eigenvalue weighted by Gasteiger charge is 2.22. The average Bonchev–Trinajstić information content (AvgIpc) is 2.34. The maximum atomic E-state index is 11.6. The number of nitrogens with zero attached hydrogens (tertiary/aromatic N) is 1. The largest absolute Gasteiger partial charge is 0.478 e. The van der Waals surface area contributed by atoms with Crippen LogP contribution < -0.4 is 10.2 Å². The molecule has 1 heterocycles. The first-order valence-electron chi connectivity index (χ1n) is 6.04. The number of carboxylic acid groups (broad SMARTS) is 1. The molecule has 18 heavy (non-hydrogen) atoms. The molecule has 96 valence electrons. The number of amides is 1. The second kappa shape index (κ2) is 5.08. The quantitative estimate of drug-likeness (QED) is 0.854. The highest BCUT2D eigenvalue weighted by molar-refractivity contribution is 6.02. The molecule has 0 atom stereocenters. The van der Waals surface area contributed by atoms with Gasteiger partial charge in [-0.3, -0.25) is 4.79 Å². The molecule has 0 fully saturated rings. The number of nitrogens with one attached hydrogen (secondary N) is 1. The summed E-state index contributed by atoms with van der Waals surface area (Å²) in [7, 11) is 0. The minimum atomic E-state index is -0.988. The topological polar surface area (TPSA) is 69.6 Å². The fourth-order valence-corrected chi connectivity index (χ4v) is 2.04. The Bertz CT molecular complexity index is 485. The molecule has 0 aromatic heterocycles. The van der Waals surface area contributed by atoms with Crippen LogP contribution in [0.2, 0.25) is 0 Å². The Morgan fingerprint density at radius 2 is 2.28 bits per heavy atom. The zero-order chi connectivity index (χ0) is 13.1. The molecule has 5 heteroatoms. The Hall–Kier alpha value is -2.04. The SMILES string of the molecule is CCCCN1CC(=O)Nc2cc(C(=O)O)ccc21. The van der Waals surface area contributed by atoms with Crippen LogP contribution in [0, 0.1) is 0 Å². The number of anilines is 2. The first-order chi connectivity index (χ1) is 8.61. The van der Waals surface area contributed by atoms with Gasteiger partial charge >= 0.3 is 5.97 Å². The third-order valence-electron chi connectivity index (χ3n) is 2.97. The first kappa shape index (κ1) is 12.4. The lowest BCUT2D eigenvalue weighted by Crippen LogP contribution is -2.38. The van der Waals surface area contributed by atoms with Crippen molar-refractivity contribution in [2.45, 2.75) is 19.8 Å². The van der Waals surface area contributed by atoms with Crippen molar-refractivity contribution in [3.8, 4) is 0 Å². The highest BCUT2D eigenvalue weighted by Crippen LogP contribution is 2.30. The summed E-state index contributed by atoms with van der Waals surface area (Å²) < 4.78 is 0. The minimum absolute atomic E-state index is 0.0962. The Labute approximate surface area is 105 Å². The lowest BCUT2D eigenvalue weighted by atomic mass is 10.1. The van der Waals surface area contributed by atoms with E-state index in [4.69, 9.17) is 5.11 Å². The number of hydrogen-bond donors (Lipinski definition) is 2. The van der Waals surface area contributed by atoms with E-state index in [1.54, 1.807) is 12.1 Å². The molecule has 0 spiro atoms. The Morgan fingerprint density at radius 1 is 1.50 bits per heavy atom. The monoisotopic (exact) mass is 248 g/mol. The lowest BCUT2D eigenvalue weighted by Gasteiger charge is -2.31. The van der Waals surface area contributed by atoms with Gasteiger partial charge in [0.25, 0.3) is 0 Å². The number of carbonyl (C=O) groups is 2. The van der Waals surface area contributed by atoms with Gasteiger partial charge in [-0.05, 0) is 24.6 Å². The van der Waals surface area contributed by atoms with Gasteiger partial charge in [-0.15, -0.1) is 0 Å². The molecule has 0 bridgehead atoms. The van der Waals surface area contributed by atoms with E-state index in [9.17, 15) is 9.59 Å². The summed E-state index contributed by atoms with van der Waals surface area (Å²) in [6.07, 6.45) is 2.06. The van der Waals surface area contributed by atoms with Gasteiger partial charge in [-0.1, -0.05) is 13.3 Å². The summed E-state index contributed by atoms with van der Waals surface area (Å²) in [5.41, 5.74) is 1.67. The van der Waals surface area contributed by atoms with Crippen molar-refractivity contribution in [2.75, 3.05) is 23.3 Å². The summed E-state index contributed by atoms with van der Waals surface area (Å²) in [6.45, 7) is 3.24. The van der Waals surface area contributed by atoms with Crippen molar-refractivity contribution >= 4 is 23.3 Å². The third-order valence-corrected chi connectivity index (χ3v) is 2.97. The minimum Gasteiger partial charge on any atom is -0.478 e. The number of fused-ring (bicyclic) bond motifs is 1. The molecule has 2 N–H and O–H groups in total. The molecule has 1 aliphatic heterocycles. The number of hydrogen-bond acceptors (Lipinski definition) is 3. The van der Waals surface area contributed by atoms with Crippen LogP contribution in [0.3, 0.4) is 0 Å². The predicted molar refractivity (Wildman–Crippen MR) is 69.2 cm³/mol. The van der Waals surface area contributed by atoms with E-state index in [1.165, 1.54) is 6.07 Å². The zero-order valence-corrected chi connectivity index (χ0v) is 10.3. The van der Waals surface area contributed by atoms with Crippen LogP contribution in [0.1, 0.15) is 30.1 Å². The fraction of sp³-hybridized carbons (Fsp3) is 0.385. The predicted octanol–water partition coefficient (Wildman–Crippen LogP) is 1.94. The number of unbranched alkanes of at least 4 members (excludes halogenated alkanes) is 1. The maximum absolute atomic E-state index is 11.6.